The van der Waals surface area contributed by atoms with Crippen LogP contribution in [0.3, 0.4) is 0 Å². The Morgan fingerprint density at radius 1 is 1.19 bits per heavy atom. The van der Waals surface area contributed by atoms with Crippen molar-refractivity contribution in [2.75, 3.05) is 31.6 Å². The van der Waals surface area contributed by atoms with E-state index >= 15 is 0 Å². The largest absolute Gasteiger partial charge is 0.488 e. The lowest BCUT2D eigenvalue weighted by molar-refractivity contribution is -0.144. The smallest absolute Gasteiger partial charge is 0.310 e. The van der Waals surface area contributed by atoms with Gasteiger partial charge in [0.1, 0.15) is 12.4 Å². The second-order valence-corrected chi connectivity index (χ2v) is 9.83. The Morgan fingerprint density at radius 2 is 2.03 bits per heavy atom. The maximum atomic E-state index is 12.0. The van der Waals surface area contributed by atoms with Crippen LogP contribution in [0.4, 0.5) is 5.95 Å². The molecule has 196 valence electrons. The molecule has 2 heterocycles. The first-order chi connectivity index (χ1) is 17.9. The van der Waals surface area contributed by atoms with Gasteiger partial charge in [0, 0.05) is 31.4 Å². The van der Waals surface area contributed by atoms with E-state index in [0.717, 1.165) is 55.0 Å². The molecule has 37 heavy (non-hydrogen) atoms. The number of para-hydroxylation sites is 1. The van der Waals surface area contributed by atoms with Crippen LogP contribution < -0.4 is 15.0 Å². The van der Waals surface area contributed by atoms with Gasteiger partial charge in [0.15, 0.2) is 0 Å². The van der Waals surface area contributed by atoms with Crippen LogP contribution in [0.5, 0.6) is 5.75 Å². The lowest BCUT2D eigenvalue weighted by Crippen LogP contribution is -2.34. The third kappa shape index (κ3) is 6.28. The average Bonchev–Trinajstić information content (AvgIpc) is 2.91. The second kappa shape index (κ2) is 12.2. The molecule has 0 spiro atoms. The van der Waals surface area contributed by atoms with Gasteiger partial charge in [-0.1, -0.05) is 38.1 Å². The van der Waals surface area contributed by atoms with Crippen LogP contribution >= 0.6 is 0 Å². The van der Waals surface area contributed by atoms with E-state index in [-0.39, 0.29) is 11.9 Å². The molecule has 1 aliphatic heterocycles. The highest BCUT2D eigenvalue weighted by Gasteiger charge is 2.20. The molecular formula is C30H38N4O3. The second-order valence-electron chi connectivity index (χ2n) is 9.83. The molecule has 0 aliphatic carbocycles. The summed E-state index contributed by atoms with van der Waals surface area (Å²) in [5, 5.41) is 3.46. The van der Waals surface area contributed by atoms with Crippen molar-refractivity contribution >= 4 is 11.9 Å². The number of nitrogens with zero attached hydrogens (tertiary/aromatic N) is 3. The summed E-state index contributed by atoms with van der Waals surface area (Å²) >= 11 is 0. The Hall–Kier alpha value is -3.45. The first-order valence-corrected chi connectivity index (χ1v) is 13.1. The summed E-state index contributed by atoms with van der Waals surface area (Å²) in [7, 11) is 1.42. The molecular weight excluding hydrogens is 464 g/mol. The van der Waals surface area contributed by atoms with Gasteiger partial charge in [-0.3, -0.25) is 4.79 Å². The van der Waals surface area contributed by atoms with E-state index in [0.29, 0.717) is 19.1 Å². The summed E-state index contributed by atoms with van der Waals surface area (Å²) < 4.78 is 11.4. The average molecular weight is 503 g/mol. The van der Waals surface area contributed by atoms with Crippen molar-refractivity contribution in [2.24, 2.45) is 5.92 Å². The van der Waals surface area contributed by atoms with Crippen molar-refractivity contribution in [3.05, 3.63) is 70.4 Å². The summed E-state index contributed by atoms with van der Waals surface area (Å²) in [6.45, 7) is 11.9. The van der Waals surface area contributed by atoms with Crippen LogP contribution in [-0.2, 0) is 29.1 Å². The van der Waals surface area contributed by atoms with E-state index in [2.05, 4.69) is 49.3 Å². The zero-order chi connectivity index (χ0) is 26.4. The van der Waals surface area contributed by atoms with Crippen LogP contribution in [0.1, 0.15) is 48.1 Å². The predicted octanol–water partition coefficient (Wildman–Crippen LogP) is 5.01. The lowest BCUT2D eigenvalue weighted by atomic mass is 9.94. The predicted molar refractivity (Wildman–Crippen MR) is 147 cm³/mol. The lowest BCUT2D eigenvalue weighted by Gasteiger charge is -2.25. The molecule has 1 N–H and O–H groups in total. The molecule has 2 aromatic carbocycles. The number of aromatic nitrogens is 2. The number of rotatable bonds is 10. The molecule has 1 atom stereocenters. The molecule has 7 heteroatoms. The zero-order valence-corrected chi connectivity index (χ0v) is 22.6. The summed E-state index contributed by atoms with van der Waals surface area (Å²) in [6, 6.07) is 12.6. The zero-order valence-electron chi connectivity index (χ0n) is 22.6. The van der Waals surface area contributed by atoms with Gasteiger partial charge in [-0.25, -0.2) is 9.97 Å². The van der Waals surface area contributed by atoms with Crippen LogP contribution in [0.2, 0.25) is 0 Å². The van der Waals surface area contributed by atoms with E-state index in [9.17, 15) is 4.79 Å². The molecule has 4 rings (SSSR count). The monoisotopic (exact) mass is 502 g/mol. The molecule has 1 aromatic heterocycles. The van der Waals surface area contributed by atoms with E-state index in [1.807, 2.05) is 30.0 Å². The van der Waals surface area contributed by atoms with Crippen molar-refractivity contribution in [2.45, 2.75) is 53.7 Å². The number of fused-ring (bicyclic) bond motifs is 1. The molecule has 0 saturated carbocycles. The van der Waals surface area contributed by atoms with Crippen molar-refractivity contribution in [1.82, 2.24) is 15.3 Å². The highest BCUT2D eigenvalue weighted by atomic mass is 16.5. The van der Waals surface area contributed by atoms with Gasteiger partial charge < -0.3 is 19.7 Å². The Kier molecular flexibility index (Phi) is 8.77. The Balaban J connectivity index is 1.60. The van der Waals surface area contributed by atoms with Gasteiger partial charge in [-0.2, -0.15) is 0 Å². The summed E-state index contributed by atoms with van der Waals surface area (Å²) in [6.07, 6.45) is 3.73. The number of carbonyl (C=O) groups excluding carboxylic acids is 1. The topological polar surface area (TPSA) is 76.6 Å². The third-order valence-corrected chi connectivity index (χ3v) is 6.89. The van der Waals surface area contributed by atoms with Crippen molar-refractivity contribution in [1.29, 1.82) is 0 Å². The Labute approximate surface area is 220 Å². The number of benzene rings is 2. The molecule has 0 saturated heterocycles. The van der Waals surface area contributed by atoms with Gasteiger partial charge in [0.05, 0.1) is 18.7 Å². The number of hydrogen-bond donors (Lipinski definition) is 1. The molecule has 3 aromatic rings. The van der Waals surface area contributed by atoms with Gasteiger partial charge in [0.2, 0.25) is 5.95 Å². The third-order valence-electron chi connectivity index (χ3n) is 6.89. The summed E-state index contributed by atoms with van der Waals surface area (Å²) in [4.78, 5) is 23.5. The molecule has 0 amide bonds. The fraction of sp³-hybridized carbons (Fsp3) is 0.433. The number of methoxy groups -OCH3 is 1. The fourth-order valence-corrected chi connectivity index (χ4v) is 4.97. The van der Waals surface area contributed by atoms with Crippen LogP contribution in [0.25, 0.3) is 11.3 Å². The van der Waals surface area contributed by atoms with E-state index in [1.54, 1.807) is 6.20 Å². The SMILES string of the molecule is CCCN(C[C@H](C)C(=O)OC)c1nccc(-c2cccc(C)c2OCc2cc(C)c3c(c2)CCNC3)n1. The van der Waals surface area contributed by atoms with Gasteiger partial charge in [0.25, 0.3) is 0 Å². The van der Waals surface area contributed by atoms with E-state index < -0.39 is 0 Å². The summed E-state index contributed by atoms with van der Waals surface area (Å²) in [5.41, 5.74) is 8.11. The first-order valence-electron chi connectivity index (χ1n) is 13.1. The van der Waals surface area contributed by atoms with Gasteiger partial charge in [-0.15, -0.1) is 0 Å². The molecule has 0 bridgehead atoms. The standard InChI is InChI=1S/C30H38N4O3/c1-6-14-34(18-22(4)29(35)36-5)30-32-13-11-27(33-30)25-9-7-8-20(2)28(25)37-19-23-15-21(3)26-17-31-12-10-24(26)16-23/h7-9,11,13,15-16,22,31H,6,10,12,14,17-19H2,1-5H3/t22-/m0/s1. The highest BCUT2D eigenvalue weighted by molar-refractivity contribution is 5.73. The first kappa shape index (κ1) is 26.6. The quantitative estimate of drug-likeness (QED) is 0.391. The number of esters is 1. The fourth-order valence-electron chi connectivity index (χ4n) is 4.97. The normalized spacial score (nSPS) is 13.5. The molecule has 0 fully saturated rings. The molecule has 0 unspecified atom stereocenters. The molecule has 1 aliphatic rings. The van der Waals surface area contributed by atoms with Gasteiger partial charge >= 0.3 is 5.97 Å². The minimum atomic E-state index is -0.280. The number of ether oxygens (including phenoxy) is 2. The van der Waals surface area contributed by atoms with E-state index in [1.165, 1.54) is 29.4 Å². The summed E-state index contributed by atoms with van der Waals surface area (Å²) in [5.74, 6) is 0.911. The number of carbonyl (C=O) groups is 1. The maximum Gasteiger partial charge on any atom is 0.310 e. The molecule has 0 radical (unpaired) electrons. The van der Waals surface area contributed by atoms with Crippen LogP contribution in [-0.4, -0.2) is 42.7 Å². The number of hydrogen-bond acceptors (Lipinski definition) is 7. The van der Waals surface area contributed by atoms with Crippen molar-refractivity contribution in [3.8, 4) is 17.0 Å². The maximum absolute atomic E-state index is 12.0. The number of anilines is 1. The minimum Gasteiger partial charge on any atom is -0.488 e. The Bertz CT molecular complexity index is 1240. The van der Waals surface area contributed by atoms with Crippen LogP contribution in [0.15, 0.2) is 42.6 Å². The van der Waals surface area contributed by atoms with Crippen LogP contribution in [0, 0.1) is 19.8 Å². The van der Waals surface area contributed by atoms with Crippen molar-refractivity contribution < 1.29 is 14.3 Å². The van der Waals surface area contributed by atoms with E-state index in [4.69, 9.17) is 14.5 Å². The highest BCUT2D eigenvalue weighted by Crippen LogP contribution is 2.33. The molecule has 7 nitrogen and oxygen atoms in total. The number of nitrogens with one attached hydrogen (secondary N) is 1. The minimum absolute atomic E-state index is 0.236. The number of aryl methyl sites for hydroxylation is 2. The van der Waals surface area contributed by atoms with Crippen molar-refractivity contribution in [3.63, 3.8) is 0 Å². The Morgan fingerprint density at radius 3 is 2.81 bits per heavy atom. The van der Waals surface area contributed by atoms with Gasteiger partial charge in [-0.05, 0) is 73.2 Å².